The second-order valence-electron chi connectivity index (χ2n) is 5.76. The van der Waals surface area contributed by atoms with Gasteiger partial charge in [-0.3, -0.25) is 4.79 Å². The lowest BCUT2D eigenvalue weighted by Gasteiger charge is -2.28. The van der Waals surface area contributed by atoms with E-state index in [1.165, 1.54) is 14.2 Å². The second kappa shape index (κ2) is 6.50. The lowest BCUT2D eigenvalue weighted by atomic mass is 9.85. The Bertz CT molecular complexity index is 804. The third-order valence-electron chi connectivity index (χ3n) is 4.41. The van der Waals surface area contributed by atoms with Crippen molar-refractivity contribution in [1.29, 1.82) is 0 Å². The number of fused-ring (bicyclic) bond motifs is 1. The minimum atomic E-state index is -0.960. The van der Waals surface area contributed by atoms with Crippen LogP contribution in [0.4, 0.5) is 5.95 Å². The number of ether oxygens (including phenoxy) is 3. The molecule has 134 valence electrons. The Hall–Kier alpha value is -2.97. The average molecular weight is 348 g/mol. The highest BCUT2D eigenvalue weighted by atomic mass is 16.5. The molecule has 2 aromatic rings. The number of methoxy groups -OCH3 is 3. The molecule has 3 rings (SSSR count). The van der Waals surface area contributed by atoms with Gasteiger partial charge in [0.2, 0.25) is 11.7 Å². The predicted octanol–water partition coefficient (Wildman–Crippen LogP) is 1.24. The van der Waals surface area contributed by atoms with Crippen LogP contribution in [0.1, 0.15) is 29.6 Å². The van der Waals surface area contributed by atoms with Crippen molar-refractivity contribution < 1.29 is 24.1 Å². The summed E-state index contributed by atoms with van der Waals surface area (Å²) in [5.41, 5.74) is 6.47. The van der Waals surface area contributed by atoms with Crippen LogP contribution >= 0.6 is 0 Å². The first-order chi connectivity index (χ1) is 12.0. The summed E-state index contributed by atoms with van der Waals surface area (Å²) in [6.45, 7) is 0.454. The van der Waals surface area contributed by atoms with E-state index in [9.17, 15) is 9.90 Å². The van der Waals surface area contributed by atoms with E-state index >= 15 is 0 Å². The molecule has 3 N–H and O–H groups in total. The molecule has 9 nitrogen and oxygen atoms in total. The smallest absolute Gasteiger partial charge is 0.314 e. The van der Waals surface area contributed by atoms with Gasteiger partial charge in [0, 0.05) is 11.5 Å². The van der Waals surface area contributed by atoms with Crippen LogP contribution in [0.25, 0.3) is 0 Å². The number of anilines is 1. The number of hydrogen-bond acceptors (Lipinski definition) is 7. The van der Waals surface area contributed by atoms with Crippen molar-refractivity contribution in [3.8, 4) is 17.2 Å². The minimum Gasteiger partial charge on any atom is -0.493 e. The van der Waals surface area contributed by atoms with Crippen LogP contribution in [0.5, 0.6) is 17.2 Å². The number of carboxylic acid groups (broad SMARTS) is 1. The zero-order chi connectivity index (χ0) is 18.1. The molecule has 0 bridgehead atoms. The number of rotatable bonds is 5. The van der Waals surface area contributed by atoms with Crippen LogP contribution in [-0.2, 0) is 11.3 Å². The standard InChI is InChI=1S/C16H20N4O5/c1-23-11-5-4-9(12(24-2)13(11)25-3)8-6-10(15(21)22)14-18-16(17)19-20(14)7-8/h4-5,8,10H,6-7H2,1-3H3,(H2,17,19)(H,21,22). The first-order valence-corrected chi connectivity index (χ1v) is 7.72. The molecule has 2 atom stereocenters. The lowest BCUT2D eigenvalue weighted by molar-refractivity contribution is -0.139. The van der Waals surface area contributed by atoms with Crippen LogP contribution in [0.3, 0.4) is 0 Å². The van der Waals surface area contributed by atoms with E-state index < -0.39 is 11.9 Å². The van der Waals surface area contributed by atoms with Gasteiger partial charge < -0.3 is 25.1 Å². The maximum absolute atomic E-state index is 11.7. The molecule has 0 aliphatic carbocycles. The second-order valence-corrected chi connectivity index (χ2v) is 5.76. The number of nitrogens with zero attached hydrogens (tertiary/aromatic N) is 3. The summed E-state index contributed by atoms with van der Waals surface area (Å²) >= 11 is 0. The highest BCUT2D eigenvalue weighted by Gasteiger charge is 2.37. The van der Waals surface area contributed by atoms with Gasteiger partial charge in [0.05, 0.1) is 27.9 Å². The molecule has 0 fully saturated rings. The first-order valence-electron chi connectivity index (χ1n) is 7.72. The minimum absolute atomic E-state index is 0.0705. The molecule has 0 spiro atoms. The molecule has 0 radical (unpaired) electrons. The van der Waals surface area contributed by atoms with Crippen molar-refractivity contribution in [2.75, 3.05) is 27.1 Å². The van der Waals surface area contributed by atoms with Gasteiger partial charge in [0.1, 0.15) is 11.7 Å². The number of carbonyl (C=O) groups is 1. The molecule has 2 heterocycles. The summed E-state index contributed by atoms with van der Waals surface area (Å²) < 4.78 is 17.8. The zero-order valence-corrected chi connectivity index (χ0v) is 14.2. The van der Waals surface area contributed by atoms with Crippen molar-refractivity contribution in [3.05, 3.63) is 23.5 Å². The maximum Gasteiger partial charge on any atom is 0.314 e. The van der Waals surface area contributed by atoms with E-state index in [0.29, 0.717) is 36.0 Å². The van der Waals surface area contributed by atoms with Gasteiger partial charge in [-0.2, -0.15) is 4.98 Å². The lowest BCUT2D eigenvalue weighted by Crippen LogP contribution is -2.28. The molecule has 0 saturated carbocycles. The summed E-state index contributed by atoms with van der Waals surface area (Å²) in [6, 6.07) is 3.63. The summed E-state index contributed by atoms with van der Waals surface area (Å²) in [5.74, 6) is 0.0793. The Balaban J connectivity index is 2.07. The van der Waals surface area contributed by atoms with Crippen molar-refractivity contribution in [1.82, 2.24) is 14.8 Å². The summed E-state index contributed by atoms with van der Waals surface area (Å²) in [6.07, 6.45) is 0.360. The molecular formula is C16H20N4O5. The molecule has 1 aromatic heterocycles. The van der Waals surface area contributed by atoms with Crippen molar-refractivity contribution >= 4 is 11.9 Å². The van der Waals surface area contributed by atoms with Gasteiger partial charge in [-0.25, -0.2) is 4.68 Å². The van der Waals surface area contributed by atoms with E-state index in [4.69, 9.17) is 19.9 Å². The molecule has 9 heteroatoms. The summed E-state index contributed by atoms with van der Waals surface area (Å²) in [4.78, 5) is 15.7. The SMILES string of the molecule is COc1ccc(C2CC(C(=O)O)c3nc(N)nn3C2)c(OC)c1OC. The molecule has 1 aromatic carbocycles. The third kappa shape index (κ3) is 2.81. The van der Waals surface area contributed by atoms with Crippen LogP contribution in [0.15, 0.2) is 12.1 Å². The molecular weight excluding hydrogens is 328 g/mol. The monoisotopic (exact) mass is 348 g/mol. The fourth-order valence-electron chi connectivity index (χ4n) is 3.32. The van der Waals surface area contributed by atoms with E-state index in [2.05, 4.69) is 10.1 Å². The van der Waals surface area contributed by atoms with Crippen molar-refractivity contribution in [3.63, 3.8) is 0 Å². The predicted molar refractivity (Wildman–Crippen MR) is 88.3 cm³/mol. The number of hydrogen-bond donors (Lipinski definition) is 2. The Morgan fingerprint density at radius 3 is 2.56 bits per heavy atom. The fraction of sp³-hybridized carbons (Fsp3) is 0.438. The number of nitrogens with two attached hydrogens (primary N) is 1. The first kappa shape index (κ1) is 16.9. The molecule has 25 heavy (non-hydrogen) atoms. The summed E-state index contributed by atoms with van der Waals surface area (Å²) in [5, 5.41) is 13.7. The van der Waals surface area contributed by atoms with Gasteiger partial charge in [-0.05, 0) is 12.5 Å². The van der Waals surface area contributed by atoms with E-state index in [-0.39, 0.29) is 11.9 Å². The zero-order valence-electron chi connectivity index (χ0n) is 14.2. The van der Waals surface area contributed by atoms with Gasteiger partial charge >= 0.3 is 5.97 Å². The summed E-state index contributed by atoms with van der Waals surface area (Å²) in [7, 11) is 4.61. The topological polar surface area (TPSA) is 122 Å². The molecule has 1 aliphatic rings. The normalized spacial score (nSPS) is 19.2. The van der Waals surface area contributed by atoms with E-state index in [1.54, 1.807) is 17.9 Å². The highest BCUT2D eigenvalue weighted by molar-refractivity contribution is 5.75. The quantitative estimate of drug-likeness (QED) is 0.828. The van der Waals surface area contributed by atoms with Gasteiger partial charge in [-0.15, -0.1) is 5.10 Å². The Morgan fingerprint density at radius 1 is 1.24 bits per heavy atom. The Morgan fingerprint density at radius 2 is 1.96 bits per heavy atom. The van der Waals surface area contributed by atoms with Gasteiger partial charge in [0.25, 0.3) is 0 Å². The molecule has 1 aliphatic heterocycles. The van der Waals surface area contributed by atoms with E-state index in [1.807, 2.05) is 6.07 Å². The number of benzene rings is 1. The van der Waals surface area contributed by atoms with Gasteiger partial charge in [0.15, 0.2) is 11.5 Å². The number of nitrogen functional groups attached to an aromatic ring is 1. The molecule has 2 unspecified atom stereocenters. The van der Waals surface area contributed by atoms with Gasteiger partial charge in [-0.1, -0.05) is 6.07 Å². The van der Waals surface area contributed by atoms with Crippen LogP contribution < -0.4 is 19.9 Å². The highest BCUT2D eigenvalue weighted by Crippen LogP contribution is 2.46. The number of carboxylic acids is 1. The number of aromatic nitrogens is 3. The average Bonchev–Trinajstić information content (AvgIpc) is 2.98. The molecule has 0 saturated heterocycles. The molecule has 0 amide bonds. The van der Waals surface area contributed by atoms with Crippen LogP contribution in [0, 0.1) is 0 Å². The maximum atomic E-state index is 11.7. The fourth-order valence-corrected chi connectivity index (χ4v) is 3.32. The van der Waals surface area contributed by atoms with E-state index in [0.717, 1.165) is 5.56 Å². The Kier molecular flexibility index (Phi) is 4.39. The van der Waals surface area contributed by atoms with Crippen molar-refractivity contribution in [2.45, 2.75) is 24.8 Å². The number of aliphatic carboxylic acids is 1. The van der Waals surface area contributed by atoms with Crippen molar-refractivity contribution in [2.24, 2.45) is 0 Å². The van der Waals surface area contributed by atoms with Crippen LogP contribution in [-0.4, -0.2) is 47.2 Å². The Labute approximate surface area is 144 Å². The van der Waals surface area contributed by atoms with Crippen LogP contribution in [0.2, 0.25) is 0 Å². The third-order valence-corrected chi connectivity index (χ3v) is 4.41. The largest absolute Gasteiger partial charge is 0.493 e.